The van der Waals surface area contributed by atoms with Gasteiger partial charge < -0.3 is 5.73 Å². The van der Waals surface area contributed by atoms with E-state index >= 15 is 0 Å². The summed E-state index contributed by atoms with van der Waals surface area (Å²) < 4.78 is 1.58. The van der Waals surface area contributed by atoms with E-state index in [0.29, 0.717) is 34.7 Å². The molecule has 3 aromatic rings. The molecule has 0 unspecified atom stereocenters. The van der Waals surface area contributed by atoms with Crippen molar-refractivity contribution >= 4 is 22.5 Å². The van der Waals surface area contributed by atoms with Gasteiger partial charge in [0, 0.05) is 6.42 Å². The smallest absolute Gasteiger partial charge is 0.267 e. The lowest BCUT2D eigenvalue weighted by Crippen LogP contribution is -2.25. The quantitative estimate of drug-likeness (QED) is 0.808. The number of nitrogens with zero attached hydrogens (tertiary/aromatic N) is 2. The molecule has 0 saturated heterocycles. The predicted molar refractivity (Wildman–Crippen MR) is 85.1 cm³/mol. The van der Waals surface area contributed by atoms with Gasteiger partial charge in [0.1, 0.15) is 5.82 Å². The Morgan fingerprint density at radius 3 is 2.57 bits per heavy atom. The molecular weight excluding hydrogens is 286 g/mol. The summed E-state index contributed by atoms with van der Waals surface area (Å²) in [6, 6.07) is 14.7. The molecule has 2 N–H and O–H groups in total. The minimum Gasteiger partial charge on any atom is -0.330 e. The number of halogens is 1. The molecule has 0 amide bonds. The Kier molecular flexibility index (Phi) is 3.73. The number of fused-ring (bicyclic) bond motifs is 1. The normalized spacial score (nSPS) is 11.0. The van der Waals surface area contributed by atoms with Gasteiger partial charge in [-0.2, -0.15) is 0 Å². The third-order valence-electron chi connectivity index (χ3n) is 3.30. The first-order chi connectivity index (χ1) is 10.2. The highest BCUT2D eigenvalue weighted by Crippen LogP contribution is 2.20. The van der Waals surface area contributed by atoms with Gasteiger partial charge in [0.05, 0.1) is 21.6 Å². The number of nitrogens with two attached hydrogens (primary N) is 1. The highest BCUT2D eigenvalue weighted by Gasteiger charge is 2.14. The van der Waals surface area contributed by atoms with Crippen molar-refractivity contribution in [2.24, 2.45) is 5.73 Å². The van der Waals surface area contributed by atoms with Crippen LogP contribution in [0.25, 0.3) is 16.6 Å². The maximum absolute atomic E-state index is 12.8. The van der Waals surface area contributed by atoms with E-state index in [1.807, 2.05) is 30.3 Å². The summed E-state index contributed by atoms with van der Waals surface area (Å²) >= 11 is 6.17. The van der Waals surface area contributed by atoms with Crippen LogP contribution >= 0.6 is 11.6 Å². The molecule has 0 saturated carbocycles. The van der Waals surface area contributed by atoms with E-state index in [1.54, 1.807) is 22.8 Å². The fourth-order valence-electron chi connectivity index (χ4n) is 2.38. The largest absolute Gasteiger partial charge is 0.330 e. The second-order valence-corrected chi connectivity index (χ2v) is 5.08. The van der Waals surface area contributed by atoms with Gasteiger partial charge in [-0.05, 0) is 30.8 Å². The number of hydrogen-bond acceptors (Lipinski definition) is 3. The Balaban J connectivity index is 2.41. The molecule has 5 heteroatoms. The monoisotopic (exact) mass is 299 g/mol. The highest BCUT2D eigenvalue weighted by atomic mass is 35.5. The van der Waals surface area contributed by atoms with Crippen molar-refractivity contribution in [3.63, 3.8) is 0 Å². The van der Waals surface area contributed by atoms with E-state index in [0.717, 1.165) is 5.69 Å². The fraction of sp³-hybridized carbons (Fsp3) is 0.125. The topological polar surface area (TPSA) is 60.9 Å². The summed E-state index contributed by atoms with van der Waals surface area (Å²) in [5.74, 6) is 0.642. The zero-order valence-corrected chi connectivity index (χ0v) is 12.0. The molecule has 0 spiro atoms. The molecular formula is C16H14ClN3O. The van der Waals surface area contributed by atoms with Crippen LogP contribution in [-0.4, -0.2) is 16.1 Å². The SMILES string of the molecule is NCCc1nc2cccc(Cl)c2c(=O)n1-c1ccccc1. The van der Waals surface area contributed by atoms with E-state index in [-0.39, 0.29) is 5.56 Å². The lowest BCUT2D eigenvalue weighted by atomic mass is 10.2. The molecule has 0 aliphatic rings. The summed E-state index contributed by atoms with van der Waals surface area (Å²) in [5, 5.41) is 0.845. The number of rotatable bonds is 3. The average molecular weight is 300 g/mol. The van der Waals surface area contributed by atoms with Gasteiger partial charge in [-0.25, -0.2) is 4.98 Å². The predicted octanol–water partition coefficient (Wildman–Crippen LogP) is 2.54. The minimum atomic E-state index is -0.166. The van der Waals surface area contributed by atoms with Gasteiger partial charge in [-0.3, -0.25) is 9.36 Å². The van der Waals surface area contributed by atoms with Crippen LogP contribution in [0.4, 0.5) is 0 Å². The van der Waals surface area contributed by atoms with Gasteiger partial charge in [-0.1, -0.05) is 35.9 Å². The minimum absolute atomic E-state index is 0.166. The van der Waals surface area contributed by atoms with Crippen LogP contribution in [0.2, 0.25) is 5.02 Å². The van der Waals surface area contributed by atoms with Crippen LogP contribution < -0.4 is 11.3 Å². The molecule has 0 fully saturated rings. The molecule has 2 aromatic carbocycles. The molecule has 0 atom stereocenters. The first-order valence-corrected chi connectivity index (χ1v) is 7.06. The molecule has 0 bridgehead atoms. The van der Waals surface area contributed by atoms with Crippen molar-refractivity contribution in [2.45, 2.75) is 6.42 Å². The van der Waals surface area contributed by atoms with E-state index in [4.69, 9.17) is 17.3 Å². The van der Waals surface area contributed by atoms with E-state index in [2.05, 4.69) is 4.98 Å². The molecule has 106 valence electrons. The molecule has 0 radical (unpaired) electrons. The Morgan fingerprint density at radius 2 is 1.86 bits per heavy atom. The van der Waals surface area contributed by atoms with Gasteiger partial charge in [0.15, 0.2) is 0 Å². The molecule has 21 heavy (non-hydrogen) atoms. The fourth-order valence-corrected chi connectivity index (χ4v) is 2.63. The van der Waals surface area contributed by atoms with Crippen LogP contribution in [0.15, 0.2) is 53.3 Å². The Bertz CT molecular complexity index is 843. The summed E-state index contributed by atoms with van der Waals surface area (Å²) in [7, 11) is 0. The number of aromatic nitrogens is 2. The van der Waals surface area contributed by atoms with Crippen LogP contribution in [0.5, 0.6) is 0 Å². The van der Waals surface area contributed by atoms with Crippen molar-refractivity contribution in [1.82, 2.24) is 9.55 Å². The van der Waals surface area contributed by atoms with Gasteiger partial charge in [0.25, 0.3) is 5.56 Å². The van der Waals surface area contributed by atoms with Gasteiger partial charge >= 0.3 is 0 Å². The van der Waals surface area contributed by atoms with Crippen LogP contribution in [0.1, 0.15) is 5.82 Å². The lowest BCUT2D eigenvalue weighted by Gasteiger charge is -2.13. The molecule has 4 nitrogen and oxygen atoms in total. The van der Waals surface area contributed by atoms with Gasteiger partial charge in [0.2, 0.25) is 0 Å². The van der Waals surface area contributed by atoms with Crippen molar-refractivity contribution in [2.75, 3.05) is 6.54 Å². The Hall–Kier alpha value is -2.17. The summed E-state index contributed by atoms with van der Waals surface area (Å²) in [4.78, 5) is 17.4. The van der Waals surface area contributed by atoms with Crippen molar-refractivity contribution in [3.05, 3.63) is 69.7 Å². The molecule has 3 rings (SSSR count). The van der Waals surface area contributed by atoms with E-state index < -0.39 is 0 Å². The van der Waals surface area contributed by atoms with Crippen LogP contribution in [-0.2, 0) is 6.42 Å². The number of hydrogen-bond donors (Lipinski definition) is 1. The van der Waals surface area contributed by atoms with E-state index in [1.165, 1.54) is 0 Å². The highest BCUT2D eigenvalue weighted by molar-refractivity contribution is 6.35. The van der Waals surface area contributed by atoms with Crippen molar-refractivity contribution in [1.29, 1.82) is 0 Å². The van der Waals surface area contributed by atoms with Crippen molar-refractivity contribution in [3.8, 4) is 5.69 Å². The van der Waals surface area contributed by atoms with Gasteiger partial charge in [-0.15, -0.1) is 0 Å². The molecule has 0 aliphatic carbocycles. The summed E-state index contributed by atoms with van der Waals surface area (Å²) in [6.45, 7) is 0.422. The van der Waals surface area contributed by atoms with Crippen molar-refractivity contribution < 1.29 is 0 Å². The zero-order valence-electron chi connectivity index (χ0n) is 11.3. The first kappa shape index (κ1) is 13.8. The number of para-hydroxylation sites is 1. The lowest BCUT2D eigenvalue weighted by molar-refractivity contribution is 0.796. The maximum atomic E-state index is 12.8. The van der Waals surface area contributed by atoms with E-state index in [9.17, 15) is 4.79 Å². The Morgan fingerprint density at radius 1 is 1.10 bits per heavy atom. The standard InChI is InChI=1S/C16H14ClN3O/c17-12-7-4-8-13-15(12)16(21)20(14(19-13)9-10-18)11-5-2-1-3-6-11/h1-8H,9-10,18H2. The second-order valence-electron chi connectivity index (χ2n) is 4.68. The summed E-state index contributed by atoms with van der Waals surface area (Å²) in [5.41, 5.74) is 6.85. The average Bonchev–Trinajstić information content (AvgIpc) is 2.48. The van der Waals surface area contributed by atoms with Crippen LogP contribution in [0, 0.1) is 0 Å². The summed E-state index contributed by atoms with van der Waals surface area (Å²) in [6.07, 6.45) is 0.520. The second kappa shape index (κ2) is 5.68. The van der Waals surface area contributed by atoms with Crippen LogP contribution in [0.3, 0.4) is 0 Å². The Labute approximate surface area is 126 Å². The molecule has 0 aliphatic heterocycles. The first-order valence-electron chi connectivity index (χ1n) is 6.68. The third-order valence-corrected chi connectivity index (χ3v) is 3.61. The molecule has 1 aromatic heterocycles. The number of benzene rings is 2. The molecule has 1 heterocycles. The zero-order chi connectivity index (χ0) is 14.8. The third kappa shape index (κ3) is 2.44. The maximum Gasteiger partial charge on any atom is 0.267 e.